The standard InChI is InChI=1S/C11H18BrN3O2S/c1-8(2)14-6-9(3)18(16,17)15-11-4-5-13-7-10(11)12/h4-5,7-9,14H,6H2,1-3H3,(H,13,15). The minimum atomic E-state index is -3.40. The Morgan fingerprint density at radius 1 is 1.39 bits per heavy atom. The first-order chi connectivity index (χ1) is 8.33. The van der Waals surface area contributed by atoms with Gasteiger partial charge in [-0.15, -0.1) is 0 Å². The second-order valence-corrected chi connectivity index (χ2v) is 7.33. The van der Waals surface area contributed by atoms with E-state index in [1.807, 2.05) is 13.8 Å². The molecule has 5 nitrogen and oxygen atoms in total. The normalized spacial score (nSPS) is 13.6. The first kappa shape index (κ1) is 15.4. The van der Waals surface area contributed by atoms with Crippen molar-refractivity contribution < 1.29 is 8.42 Å². The van der Waals surface area contributed by atoms with E-state index in [0.29, 0.717) is 16.7 Å². The van der Waals surface area contributed by atoms with Gasteiger partial charge in [-0.05, 0) is 28.9 Å². The van der Waals surface area contributed by atoms with Crippen molar-refractivity contribution in [3.05, 3.63) is 22.9 Å². The molecule has 1 aromatic heterocycles. The van der Waals surface area contributed by atoms with E-state index in [0.717, 1.165) is 0 Å². The average molecular weight is 336 g/mol. The van der Waals surface area contributed by atoms with E-state index in [1.54, 1.807) is 25.4 Å². The summed E-state index contributed by atoms with van der Waals surface area (Å²) < 4.78 is 27.3. The molecule has 1 rings (SSSR count). The molecular weight excluding hydrogens is 318 g/mol. The van der Waals surface area contributed by atoms with Gasteiger partial charge in [-0.25, -0.2) is 8.42 Å². The third kappa shape index (κ3) is 4.55. The lowest BCUT2D eigenvalue weighted by Gasteiger charge is -2.17. The van der Waals surface area contributed by atoms with Crippen LogP contribution in [0.5, 0.6) is 0 Å². The molecule has 0 fully saturated rings. The van der Waals surface area contributed by atoms with Crippen LogP contribution in [0.2, 0.25) is 0 Å². The van der Waals surface area contributed by atoms with Gasteiger partial charge in [0.15, 0.2) is 0 Å². The SMILES string of the molecule is CC(C)NCC(C)S(=O)(=O)Nc1ccncc1Br. The van der Waals surface area contributed by atoms with E-state index in [2.05, 4.69) is 31.0 Å². The topological polar surface area (TPSA) is 71.1 Å². The Hall–Kier alpha value is -0.660. The number of rotatable bonds is 6. The first-order valence-corrected chi connectivity index (χ1v) is 8.01. The Morgan fingerprint density at radius 3 is 2.61 bits per heavy atom. The molecule has 0 spiro atoms. The van der Waals surface area contributed by atoms with Gasteiger partial charge in [0, 0.05) is 25.0 Å². The molecule has 0 amide bonds. The van der Waals surface area contributed by atoms with E-state index in [4.69, 9.17) is 0 Å². The van der Waals surface area contributed by atoms with Crippen molar-refractivity contribution >= 4 is 31.6 Å². The third-order valence-corrected chi connectivity index (χ3v) is 4.73. The molecule has 0 saturated carbocycles. The van der Waals surface area contributed by atoms with E-state index in [-0.39, 0.29) is 6.04 Å². The fourth-order valence-electron chi connectivity index (χ4n) is 1.22. The van der Waals surface area contributed by atoms with Gasteiger partial charge in [0.1, 0.15) is 0 Å². The van der Waals surface area contributed by atoms with Crippen LogP contribution in [0.15, 0.2) is 22.9 Å². The van der Waals surface area contributed by atoms with E-state index in [1.165, 1.54) is 0 Å². The number of nitrogens with zero attached hydrogens (tertiary/aromatic N) is 1. The van der Waals surface area contributed by atoms with Gasteiger partial charge < -0.3 is 5.32 Å². The van der Waals surface area contributed by atoms with Crippen LogP contribution in [0.3, 0.4) is 0 Å². The van der Waals surface area contributed by atoms with Crippen LogP contribution in [-0.2, 0) is 10.0 Å². The van der Waals surface area contributed by atoms with Gasteiger partial charge in [-0.3, -0.25) is 9.71 Å². The fourth-order valence-corrected chi connectivity index (χ4v) is 2.71. The average Bonchev–Trinajstić information content (AvgIpc) is 2.28. The van der Waals surface area contributed by atoms with Crippen LogP contribution >= 0.6 is 15.9 Å². The van der Waals surface area contributed by atoms with Gasteiger partial charge >= 0.3 is 0 Å². The summed E-state index contributed by atoms with van der Waals surface area (Å²) >= 11 is 3.26. The summed E-state index contributed by atoms with van der Waals surface area (Å²) in [5.74, 6) is 0. The fraction of sp³-hybridized carbons (Fsp3) is 0.545. The molecule has 0 aliphatic heterocycles. The molecule has 0 aliphatic rings. The molecule has 1 atom stereocenters. The largest absolute Gasteiger partial charge is 0.313 e. The number of aromatic nitrogens is 1. The van der Waals surface area contributed by atoms with Crippen molar-refractivity contribution in [1.29, 1.82) is 0 Å². The minimum absolute atomic E-state index is 0.260. The zero-order valence-electron chi connectivity index (χ0n) is 10.6. The number of halogens is 1. The maximum Gasteiger partial charge on any atom is 0.236 e. The van der Waals surface area contributed by atoms with Gasteiger partial charge in [0.25, 0.3) is 0 Å². The van der Waals surface area contributed by atoms with Crippen molar-refractivity contribution in [2.75, 3.05) is 11.3 Å². The minimum Gasteiger partial charge on any atom is -0.313 e. The van der Waals surface area contributed by atoms with Crippen molar-refractivity contribution in [3.8, 4) is 0 Å². The molecule has 102 valence electrons. The quantitative estimate of drug-likeness (QED) is 0.833. The maximum atomic E-state index is 12.1. The number of pyridine rings is 1. The zero-order valence-corrected chi connectivity index (χ0v) is 13.0. The third-order valence-electron chi connectivity index (χ3n) is 2.37. The molecule has 7 heteroatoms. The Bertz CT molecular complexity index is 491. The molecule has 0 aromatic carbocycles. The van der Waals surface area contributed by atoms with Crippen LogP contribution in [0.4, 0.5) is 5.69 Å². The van der Waals surface area contributed by atoms with Crippen LogP contribution in [0.25, 0.3) is 0 Å². The van der Waals surface area contributed by atoms with Crippen LogP contribution in [0, 0.1) is 0 Å². The van der Waals surface area contributed by atoms with Crippen LogP contribution in [-0.4, -0.2) is 31.2 Å². The predicted octanol–water partition coefficient (Wildman–Crippen LogP) is 1.97. The Labute approximate surface area is 117 Å². The highest BCUT2D eigenvalue weighted by molar-refractivity contribution is 9.10. The number of nitrogens with one attached hydrogen (secondary N) is 2. The molecule has 0 aliphatic carbocycles. The summed E-state index contributed by atoms with van der Waals surface area (Å²) in [6.45, 7) is 6.04. The predicted molar refractivity (Wildman–Crippen MR) is 77.1 cm³/mol. The number of hydrogen-bond acceptors (Lipinski definition) is 4. The lowest BCUT2D eigenvalue weighted by atomic mass is 10.3. The Morgan fingerprint density at radius 2 is 2.06 bits per heavy atom. The van der Waals surface area contributed by atoms with Crippen molar-refractivity contribution in [3.63, 3.8) is 0 Å². The molecule has 18 heavy (non-hydrogen) atoms. The molecular formula is C11H18BrN3O2S. The lowest BCUT2D eigenvalue weighted by molar-refractivity contribution is 0.553. The van der Waals surface area contributed by atoms with Crippen LogP contribution in [0.1, 0.15) is 20.8 Å². The molecule has 2 N–H and O–H groups in total. The van der Waals surface area contributed by atoms with Crippen molar-refractivity contribution in [2.45, 2.75) is 32.1 Å². The molecule has 0 saturated heterocycles. The van der Waals surface area contributed by atoms with Gasteiger partial charge in [0.2, 0.25) is 10.0 Å². The summed E-state index contributed by atoms with van der Waals surface area (Å²) in [4.78, 5) is 3.89. The van der Waals surface area contributed by atoms with E-state index >= 15 is 0 Å². The second kappa shape index (κ2) is 6.49. The highest BCUT2D eigenvalue weighted by atomic mass is 79.9. The van der Waals surface area contributed by atoms with Crippen molar-refractivity contribution in [2.24, 2.45) is 0 Å². The molecule has 0 bridgehead atoms. The Balaban J connectivity index is 2.73. The first-order valence-electron chi connectivity index (χ1n) is 5.67. The summed E-state index contributed by atoms with van der Waals surface area (Å²) in [6.07, 6.45) is 3.09. The molecule has 1 unspecified atom stereocenters. The maximum absolute atomic E-state index is 12.1. The number of hydrogen-bond donors (Lipinski definition) is 2. The van der Waals surface area contributed by atoms with Gasteiger partial charge in [0.05, 0.1) is 15.4 Å². The van der Waals surface area contributed by atoms with Crippen molar-refractivity contribution in [1.82, 2.24) is 10.3 Å². The van der Waals surface area contributed by atoms with Gasteiger partial charge in [-0.1, -0.05) is 13.8 Å². The molecule has 1 aromatic rings. The van der Waals surface area contributed by atoms with E-state index in [9.17, 15) is 8.42 Å². The second-order valence-electron chi connectivity index (χ2n) is 4.38. The molecule has 1 heterocycles. The van der Waals surface area contributed by atoms with Gasteiger partial charge in [-0.2, -0.15) is 0 Å². The highest BCUT2D eigenvalue weighted by Gasteiger charge is 2.21. The summed E-state index contributed by atoms with van der Waals surface area (Å²) in [5.41, 5.74) is 0.501. The summed E-state index contributed by atoms with van der Waals surface area (Å²) in [7, 11) is -3.40. The summed E-state index contributed by atoms with van der Waals surface area (Å²) in [5, 5.41) is 2.59. The van der Waals surface area contributed by atoms with Crippen LogP contribution < -0.4 is 10.0 Å². The molecule has 0 radical (unpaired) electrons. The lowest BCUT2D eigenvalue weighted by Crippen LogP contribution is -2.37. The Kier molecular flexibility index (Phi) is 5.55. The number of sulfonamides is 1. The highest BCUT2D eigenvalue weighted by Crippen LogP contribution is 2.22. The summed E-state index contributed by atoms with van der Waals surface area (Å²) in [6, 6.07) is 1.87. The van der Waals surface area contributed by atoms with E-state index < -0.39 is 15.3 Å². The zero-order chi connectivity index (χ0) is 13.8. The smallest absolute Gasteiger partial charge is 0.236 e. The number of anilines is 1. The monoisotopic (exact) mass is 335 g/mol.